The lowest BCUT2D eigenvalue weighted by Crippen LogP contribution is -2.17. The minimum Gasteiger partial charge on any atom is -0.449 e. The highest BCUT2D eigenvalue weighted by Gasteiger charge is 2.07. The molecular formula is C15H19NO3. The molecule has 2 N–H and O–H groups in total. The number of anilines is 1. The third-order valence-electron chi connectivity index (χ3n) is 2.26. The van der Waals surface area contributed by atoms with Gasteiger partial charge in [-0.2, -0.15) is 0 Å². The molecular weight excluding hydrogens is 242 g/mol. The van der Waals surface area contributed by atoms with Crippen LogP contribution in [0, 0.1) is 24.7 Å². The molecule has 0 bridgehead atoms. The molecule has 4 heteroatoms. The van der Waals surface area contributed by atoms with Crippen LogP contribution in [0.25, 0.3) is 0 Å². The molecule has 0 aliphatic heterocycles. The highest BCUT2D eigenvalue weighted by molar-refractivity contribution is 5.86. The third kappa shape index (κ3) is 5.45. The van der Waals surface area contributed by atoms with E-state index in [4.69, 9.17) is 9.84 Å². The van der Waals surface area contributed by atoms with Crippen LogP contribution in [-0.4, -0.2) is 24.4 Å². The number of carbonyl (C=O) groups is 1. The number of nitrogens with one attached hydrogen (secondary N) is 1. The van der Waals surface area contributed by atoms with Gasteiger partial charge in [-0.1, -0.05) is 31.8 Å². The van der Waals surface area contributed by atoms with E-state index in [1.807, 2.05) is 32.9 Å². The molecule has 0 spiro atoms. The van der Waals surface area contributed by atoms with E-state index in [2.05, 4.69) is 17.2 Å². The number of carbonyl (C=O) groups excluding carboxylic acids is 1. The molecule has 1 rings (SSSR count). The molecule has 4 nitrogen and oxygen atoms in total. The molecule has 102 valence electrons. The molecule has 0 radical (unpaired) electrons. The Balaban J connectivity index is 2.80. The van der Waals surface area contributed by atoms with E-state index in [0.29, 0.717) is 17.9 Å². The summed E-state index contributed by atoms with van der Waals surface area (Å²) in [7, 11) is 0. The van der Waals surface area contributed by atoms with Gasteiger partial charge >= 0.3 is 6.09 Å². The maximum atomic E-state index is 11.6. The lowest BCUT2D eigenvalue weighted by atomic mass is 10.1. The summed E-state index contributed by atoms with van der Waals surface area (Å²) in [6.45, 7) is 6.02. The van der Waals surface area contributed by atoms with Crippen molar-refractivity contribution in [2.75, 3.05) is 18.5 Å². The van der Waals surface area contributed by atoms with Crippen LogP contribution in [0.2, 0.25) is 0 Å². The van der Waals surface area contributed by atoms with E-state index in [-0.39, 0.29) is 12.5 Å². The number of amides is 1. The number of rotatable bonds is 3. The Morgan fingerprint density at radius 2 is 2.21 bits per heavy atom. The molecule has 0 saturated carbocycles. The van der Waals surface area contributed by atoms with E-state index in [1.54, 1.807) is 6.07 Å². The summed E-state index contributed by atoms with van der Waals surface area (Å²) in [5.74, 6) is 5.64. The minimum atomic E-state index is -0.494. The molecule has 1 aromatic rings. The number of hydrogen-bond donors (Lipinski definition) is 2. The van der Waals surface area contributed by atoms with Crippen LogP contribution in [0.3, 0.4) is 0 Å². The van der Waals surface area contributed by atoms with Crippen LogP contribution in [0.4, 0.5) is 10.5 Å². The molecule has 0 saturated heterocycles. The second-order valence-electron chi connectivity index (χ2n) is 4.63. The lowest BCUT2D eigenvalue weighted by molar-refractivity contribution is 0.147. The summed E-state index contributed by atoms with van der Waals surface area (Å²) in [6, 6.07) is 5.51. The van der Waals surface area contributed by atoms with Crippen LogP contribution in [0.5, 0.6) is 0 Å². The Labute approximate surface area is 113 Å². The van der Waals surface area contributed by atoms with Gasteiger partial charge in [0, 0.05) is 5.56 Å². The molecule has 0 aliphatic carbocycles. The SMILES string of the molecule is Cc1ccc(C#CCO)c(NC(=O)OCC(C)C)c1. The van der Waals surface area contributed by atoms with Crippen LogP contribution in [-0.2, 0) is 4.74 Å². The molecule has 1 amide bonds. The molecule has 0 fully saturated rings. The van der Waals surface area contributed by atoms with Gasteiger partial charge in [-0.25, -0.2) is 4.79 Å². The van der Waals surface area contributed by atoms with Crippen molar-refractivity contribution in [1.82, 2.24) is 0 Å². The Kier molecular flexibility index (Phi) is 5.91. The lowest BCUT2D eigenvalue weighted by Gasteiger charge is -2.10. The zero-order valence-electron chi connectivity index (χ0n) is 11.5. The number of ether oxygens (including phenoxy) is 1. The Bertz CT molecular complexity index is 498. The average molecular weight is 261 g/mol. The Morgan fingerprint density at radius 3 is 2.84 bits per heavy atom. The average Bonchev–Trinajstić information content (AvgIpc) is 2.35. The minimum absolute atomic E-state index is 0.217. The summed E-state index contributed by atoms with van der Waals surface area (Å²) in [4.78, 5) is 11.6. The highest BCUT2D eigenvalue weighted by atomic mass is 16.5. The predicted octanol–water partition coefficient (Wildman–Crippen LogP) is 2.54. The van der Waals surface area contributed by atoms with Gasteiger partial charge in [0.05, 0.1) is 12.3 Å². The van der Waals surface area contributed by atoms with Crippen molar-refractivity contribution in [2.45, 2.75) is 20.8 Å². The molecule has 0 atom stereocenters. The van der Waals surface area contributed by atoms with Crippen molar-refractivity contribution < 1.29 is 14.6 Å². The topological polar surface area (TPSA) is 58.6 Å². The number of aliphatic hydroxyl groups is 1. The first-order valence-electron chi connectivity index (χ1n) is 6.17. The second kappa shape index (κ2) is 7.45. The first-order chi connectivity index (χ1) is 9.02. The van der Waals surface area contributed by atoms with Gasteiger partial charge in [0.25, 0.3) is 0 Å². The molecule has 0 heterocycles. The normalized spacial score (nSPS) is 9.74. The largest absolute Gasteiger partial charge is 0.449 e. The van der Waals surface area contributed by atoms with E-state index in [1.165, 1.54) is 0 Å². The molecule has 1 aromatic carbocycles. The van der Waals surface area contributed by atoms with Gasteiger partial charge < -0.3 is 9.84 Å². The first kappa shape index (κ1) is 15.1. The molecule has 0 aliphatic rings. The van der Waals surface area contributed by atoms with Crippen molar-refractivity contribution in [3.05, 3.63) is 29.3 Å². The summed E-state index contributed by atoms with van der Waals surface area (Å²) in [5, 5.41) is 11.4. The van der Waals surface area contributed by atoms with Crippen molar-refractivity contribution in [1.29, 1.82) is 0 Å². The van der Waals surface area contributed by atoms with Gasteiger partial charge in [0.2, 0.25) is 0 Å². The van der Waals surface area contributed by atoms with Crippen molar-refractivity contribution in [2.24, 2.45) is 5.92 Å². The van der Waals surface area contributed by atoms with Crippen LogP contribution in [0.1, 0.15) is 25.0 Å². The van der Waals surface area contributed by atoms with Gasteiger partial charge in [0.1, 0.15) is 6.61 Å². The quantitative estimate of drug-likeness (QED) is 0.822. The smallest absolute Gasteiger partial charge is 0.411 e. The predicted molar refractivity (Wildman–Crippen MR) is 75.0 cm³/mol. The van der Waals surface area contributed by atoms with Crippen molar-refractivity contribution in [3.63, 3.8) is 0 Å². The fourth-order valence-corrected chi connectivity index (χ4v) is 1.39. The number of benzene rings is 1. The third-order valence-corrected chi connectivity index (χ3v) is 2.26. The van der Waals surface area contributed by atoms with Crippen LogP contribution < -0.4 is 5.32 Å². The summed E-state index contributed by atoms with van der Waals surface area (Å²) in [5.41, 5.74) is 2.25. The fraction of sp³-hybridized carbons (Fsp3) is 0.400. The number of hydrogen-bond acceptors (Lipinski definition) is 3. The monoisotopic (exact) mass is 261 g/mol. The van der Waals surface area contributed by atoms with Gasteiger partial charge in [-0.3, -0.25) is 5.32 Å². The van der Waals surface area contributed by atoms with Gasteiger partial charge in [-0.05, 0) is 30.5 Å². The van der Waals surface area contributed by atoms with E-state index in [9.17, 15) is 4.79 Å². The standard InChI is InChI=1S/C15H19NO3/c1-11(2)10-19-15(18)16-14-9-12(3)6-7-13(14)5-4-8-17/h6-7,9,11,17H,8,10H2,1-3H3,(H,16,18). The summed E-state index contributed by atoms with van der Waals surface area (Å²) in [6.07, 6.45) is -0.494. The van der Waals surface area contributed by atoms with E-state index < -0.39 is 6.09 Å². The fourth-order valence-electron chi connectivity index (χ4n) is 1.39. The number of aliphatic hydroxyl groups excluding tert-OH is 1. The van der Waals surface area contributed by atoms with E-state index >= 15 is 0 Å². The van der Waals surface area contributed by atoms with Crippen LogP contribution >= 0.6 is 0 Å². The maximum Gasteiger partial charge on any atom is 0.411 e. The zero-order valence-corrected chi connectivity index (χ0v) is 11.5. The first-order valence-corrected chi connectivity index (χ1v) is 6.17. The zero-order chi connectivity index (χ0) is 14.3. The summed E-state index contributed by atoms with van der Waals surface area (Å²) >= 11 is 0. The maximum absolute atomic E-state index is 11.6. The molecule has 0 unspecified atom stereocenters. The van der Waals surface area contributed by atoms with Crippen molar-refractivity contribution in [3.8, 4) is 11.8 Å². The summed E-state index contributed by atoms with van der Waals surface area (Å²) < 4.78 is 5.06. The Hall–Kier alpha value is -1.99. The van der Waals surface area contributed by atoms with Gasteiger partial charge in [0.15, 0.2) is 0 Å². The number of aryl methyl sites for hydroxylation is 1. The molecule has 19 heavy (non-hydrogen) atoms. The second-order valence-corrected chi connectivity index (χ2v) is 4.63. The van der Waals surface area contributed by atoms with Crippen LogP contribution in [0.15, 0.2) is 18.2 Å². The Morgan fingerprint density at radius 1 is 1.47 bits per heavy atom. The van der Waals surface area contributed by atoms with Gasteiger partial charge in [-0.15, -0.1) is 0 Å². The van der Waals surface area contributed by atoms with E-state index in [0.717, 1.165) is 5.56 Å². The molecule has 0 aromatic heterocycles. The highest BCUT2D eigenvalue weighted by Crippen LogP contribution is 2.17. The van der Waals surface area contributed by atoms with Crippen molar-refractivity contribution >= 4 is 11.8 Å².